The van der Waals surface area contributed by atoms with Crippen LogP contribution in [0.25, 0.3) is 11.3 Å². The molecule has 6 heteroatoms. The maximum atomic E-state index is 12.3. The Morgan fingerprint density at radius 2 is 2.04 bits per heavy atom. The van der Waals surface area contributed by atoms with Gasteiger partial charge in [0.2, 0.25) is 0 Å². The molecule has 2 heterocycles. The third-order valence-corrected chi connectivity index (χ3v) is 3.77. The van der Waals surface area contributed by atoms with E-state index >= 15 is 0 Å². The van der Waals surface area contributed by atoms with Crippen LogP contribution in [0, 0.1) is 0 Å². The van der Waals surface area contributed by atoms with E-state index in [9.17, 15) is 4.79 Å². The number of amides is 1. The number of hydrogen-bond acceptors (Lipinski definition) is 4. The summed E-state index contributed by atoms with van der Waals surface area (Å²) >= 11 is 0. The monoisotopic (exact) mass is 314 g/mol. The van der Waals surface area contributed by atoms with Gasteiger partial charge in [0.25, 0.3) is 0 Å². The van der Waals surface area contributed by atoms with Crippen molar-refractivity contribution in [3.8, 4) is 11.3 Å². The Morgan fingerprint density at radius 3 is 2.70 bits per heavy atom. The molecule has 23 heavy (non-hydrogen) atoms. The van der Waals surface area contributed by atoms with E-state index in [1.54, 1.807) is 9.58 Å². The Bertz CT molecular complexity index is 730. The smallest absolute Gasteiger partial charge is 0.410 e. The minimum Gasteiger partial charge on any atom is -0.444 e. The van der Waals surface area contributed by atoms with Crippen molar-refractivity contribution in [2.75, 3.05) is 6.54 Å². The zero-order chi connectivity index (χ0) is 16.6. The van der Waals surface area contributed by atoms with E-state index in [4.69, 9.17) is 4.74 Å². The summed E-state index contributed by atoms with van der Waals surface area (Å²) in [6.07, 6.45) is 2.47. The van der Waals surface area contributed by atoms with Gasteiger partial charge >= 0.3 is 6.09 Å². The highest BCUT2D eigenvalue weighted by Gasteiger charge is 2.25. The molecule has 0 atom stereocenters. The number of ether oxygens (including phenoxy) is 1. The van der Waals surface area contributed by atoms with Crippen molar-refractivity contribution >= 4 is 6.09 Å². The highest BCUT2D eigenvalue weighted by Crippen LogP contribution is 2.26. The van der Waals surface area contributed by atoms with Crippen LogP contribution in [0.3, 0.4) is 0 Å². The lowest BCUT2D eigenvalue weighted by Crippen LogP contribution is -2.39. The summed E-state index contributed by atoms with van der Waals surface area (Å²) in [4.78, 5) is 14.0. The molecule has 1 aliphatic rings. The average Bonchev–Trinajstić information content (AvgIpc) is 2.91. The zero-order valence-corrected chi connectivity index (χ0v) is 14.0. The van der Waals surface area contributed by atoms with Crippen LogP contribution in [0.2, 0.25) is 0 Å². The molecule has 0 saturated carbocycles. The number of hydrogen-bond donors (Lipinski definition) is 0. The van der Waals surface area contributed by atoms with Crippen molar-refractivity contribution in [2.24, 2.45) is 7.05 Å². The van der Waals surface area contributed by atoms with Crippen molar-refractivity contribution in [3.63, 3.8) is 0 Å². The van der Waals surface area contributed by atoms with E-state index in [-0.39, 0.29) is 6.09 Å². The molecule has 0 fully saturated rings. The van der Waals surface area contributed by atoms with Gasteiger partial charge in [0, 0.05) is 25.7 Å². The van der Waals surface area contributed by atoms with Gasteiger partial charge in [-0.1, -0.05) is 17.3 Å². The van der Waals surface area contributed by atoms with Crippen LogP contribution in [-0.4, -0.2) is 38.1 Å². The predicted molar refractivity (Wildman–Crippen MR) is 86.8 cm³/mol. The summed E-state index contributed by atoms with van der Waals surface area (Å²) in [5.41, 5.74) is 3.80. The molecule has 122 valence electrons. The van der Waals surface area contributed by atoms with Crippen molar-refractivity contribution in [3.05, 3.63) is 35.5 Å². The van der Waals surface area contributed by atoms with E-state index in [2.05, 4.69) is 28.5 Å². The Morgan fingerprint density at radius 1 is 1.26 bits per heavy atom. The molecule has 0 saturated heterocycles. The Kier molecular flexibility index (Phi) is 3.83. The Labute approximate surface area is 136 Å². The molecule has 2 aromatic rings. The predicted octanol–water partition coefficient (Wildman–Crippen LogP) is 2.78. The van der Waals surface area contributed by atoms with Gasteiger partial charge in [-0.25, -0.2) is 4.79 Å². The van der Waals surface area contributed by atoms with E-state index in [0.29, 0.717) is 13.1 Å². The van der Waals surface area contributed by atoms with Crippen LogP contribution in [0.4, 0.5) is 4.79 Å². The first kappa shape index (κ1) is 15.5. The summed E-state index contributed by atoms with van der Waals surface area (Å²) in [6, 6.07) is 6.27. The largest absolute Gasteiger partial charge is 0.444 e. The van der Waals surface area contributed by atoms with Gasteiger partial charge in [0.1, 0.15) is 11.3 Å². The maximum absolute atomic E-state index is 12.3. The molecule has 0 aliphatic carbocycles. The van der Waals surface area contributed by atoms with Crippen LogP contribution in [0.1, 0.15) is 31.9 Å². The van der Waals surface area contributed by atoms with Crippen LogP contribution < -0.4 is 0 Å². The van der Waals surface area contributed by atoms with Crippen molar-refractivity contribution in [1.29, 1.82) is 0 Å². The first-order chi connectivity index (χ1) is 10.8. The fraction of sp³-hybridized carbons (Fsp3) is 0.471. The molecule has 0 radical (unpaired) electrons. The quantitative estimate of drug-likeness (QED) is 0.812. The van der Waals surface area contributed by atoms with Crippen LogP contribution in [0.15, 0.2) is 24.4 Å². The number of fused-ring (bicyclic) bond motifs is 1. The second kappa shape index (κ2) is 5.68. The molecule has 1 amide bonds. The standard InChI is InChI=1S/C17H22N4O2/c1-17(2,3)23-16(22)21-8-7-12-5-6-13(9-14(12)10-21)15-11-20(4)19-18-15/h5-6,9,11H,7-8,10H2,1-4H3. The average molecular weight is 314 g/mol. The highest BCUT2D eigenvalue weighted by molar-refractivity contribution is 5.69. The third kappa shape index (κ3) is 3.52. The van der Waals surface area contributed by atoms with E-state index in [0.717, 1.165) is 23.2 Å². The number of rotatable bonds is 1. The normalized spacial score (nSPS) is 14.5. The molecule has 0 bridgehead atoms. The fourth-order valence-corrected chi connectivity index (χ4v) is 2.68. The third-order valence-electron chi connectivity index (χ3n) is 3.77. The highest BCUT2D eigenvalue weighted by atomic mass is 16.6. The molecule has 0 N–H and O–H groups in total. The van der Waals surface area contributed by atoms with Gasteiger partial charge in [-0.15, -0.1) is 5.10 Å². The molecule has 1 aromatic carbocycles. The molecule has 3 rings (SSSR count). The van der Waals surface area contributed by atoms with Crippen LogP contribution in [0.5, 0.6) is 0 Å². The number of carbonyl (C=O) groups is 1. The molecule has 1 aromatic heterocycles. The number of carbonyl (C=O) groups excluding carboxylic acids is 1. The number of benzene rings is 1. The molecular formula is C17H22N4O2. The summed E-state index contributed by atoms with van der Waals surface area (Å²) in [5.74, 6) is 0. The van der Waals surface area contributed by atoms with Gasteiger partial charge in [-0.2, -0.15) is 0 Å². The number of aryl methyl sites for hydroxylation is 1. The zero-order valence-electron chi connectivity index (χ0n) is 14.0. The Balaban J connectivity index is 1.80. The van der Waals surface area contributed by atoms with E-state index < -0.39 is 5.60 Å². The maximum Gasteiger partial charge on any atom is 0.410 e. The van der Waals surface area contributed by atoms with Crippen LogP contribution in [-0.2, 0) is 24.8 Å². The lowest BCUT2D eigenvalue weighted by molar-refractivity contribution is 0.0224. The summed E-state index contributed by atoms with van der Waals surface area (Å²) < 4.78 is 7.15. The van der Waals surface area contributed by atoms with E-state index in [1.165, 1.54) is 5.56 Å². The van der Waals surface area contributed by atoms with Crippen molar-refractivity contribution in [1.82, 2.24) is 19.9 Å². The lowest BCUT2D eigenvalue weighted by Gasteiger charge is -2.31. The summed E-state index contributed by atoms with van der Waals surface area (Å²) in [5, 5.41) is 8.12. The second-order valence-corrected chi connectivity index (χ2v) is 6.91. The molecule has 6 nitrogen and oxygen atoms in total. The second-order valence-electron chi connectivity index (χ2n) is 6.91. The number of aromatic nitrogens is 3. The number of nitrogens with zero attached hydrogens (tertiary/aromatic N) is 4. The fourth-order valence-electron chi connectivity index (χ4n) is 2.68. The van der Waals surface area contributed by atoms with Gasteiger partial charge in [-0.3, -0.25) is 4.68 Å². The minimum atomic E-state index is -0.473. The van der Waals surface area contributed by atoms with Gasteiger partial charge in [0.15, 0.2) is 0 Å². The first-order valence-electron chi connectivity index (χ1n) is 7.78. The van der Waals surface area contributed by atoms with Crippen molar-refractivity contribution < 1.29 is 9.53 Å². The summed E-state index contributed by atoms with van der Waals surface area (Å²) in [7, 11) is 1.85. The van der Waals surface area contributed by atoms with E-state index in [1.807, 2.05) is 34.0 Å². The van der Waals surface area contributed by atoms with Gasteiger partial charge in [0.05, 0.1) is 6.20 Å². The summed E-state index contributed by atoms with van der Waals surface area (Å²) in [6.45, 7) is 6.91. The molecular weight excluding hydrogens is 292 g/mol. The lowest BCUT2D eigenvalue weighted by atomic mass is 9.97. The topological polar surface area (TPSA) is 60.2 Å². The Hall–Kier alpha value is -2.37. The van der Waals surface area contributed by atoms with Crippen molar-refractivity contribution in [2.45, 2.75) is 39.3 Å². The van der Waals surface area contributed by atoms with Crippen LogP contribution >= 0.6 is 0 Å². The molecule has 0 unspecified atom stereocenters. The van der Waals surface area contributed by atoms with Gasteiger partial charge < -0.3 is 9.64 Å². The van der Waals surface area contributed by atoms with Gasteiger partial charge in [-0.05, 0) is 44.4 Å². The SMILES string of the molecule is Cn1cc(-c2ccc3c(c2)CN(C(=O)OC(C)(C)C)CC3)nn1. The molecule has 1 aliphatic heterocycles. The first-order valence-corrected chi connectivity index (χ1v) is 7.78. The molecule has 0 spiro atoms. The minimum absolute atomic E-state index is 0.256.